The predicted molar refractivity (Wildman–Crippen MR) is 83.4 cm³/mol. The summed E-state index contributed by atoms with van der Waals surface area (Å²) in [6.45, 7) is 1.31. The molecule has 1 fully saturated rings. The number of aliphatic hydroxyl groups is 2. The Labute approximate surface area is 134 Å². The summed E-state index contributed by atoms with van der Waals surface area (Å²) in [5.41, 5.74) is 0.954. The van der Waals surface area contributed by atoms with Gasteiger partial charge in [-0.25, -0.2) is 0 Å². The lowest BCUT2D eigenvalue weighted by Crippen LogP contribution is -2.62. The van der Waals surface area contributed by atoms with Crippen LogP contribution in [0.15, 0.2) is 30.3 Å². The molecule has 0 aliphatic carbocycles. The summed E-state index contributed by atoms with van der Waals surface area (Å²) in [5.74, 6) is -0.268. The molecule has 0 saturated carbocycles. The third kappa shape index (κ3) is 4.21. The maximum atomic E-state index is 11.3. The highest BCUT2D eigenvalue weighted by Crippen LogP contribution is 2.26. The Balaban J connectivity index is 2.07. The number of aliphatic hydroxyl groups excluding tert-OH is 2. The van der Waals surface area contributed by atoms with Crippen molar-refractivity contribution in [3.63, 3.8) is 0 Å². The minimum Gasteiger partial charge on any atom is -0.394 e. The minimum absolute atomic E-state index is 0.268. The highest BCUT2D eigenvalue weighted by molar-refractivity contribution is 7.81. The van der Waals surface area contributed by atoms with Gasteiger partial charge in [0.2, 0.25) is 5.91 Å². The first-order valence-electron chi connectivity index (χ1n) is 7.08. The molecule has 1 amide bonds. The van der Waals surface area contributed by atoms with Crippen LogP contribution in [0.2, 0.25) is 0 Å². The summed E-state index contributed by atoms with van der Waals surface area (Å²) in [6.07, 6.45) is -2.60. The molecule has 3 N–H and O–H groups in total. The van der Waals surface area contributed by atoms with Gasteiger partial charge in [0.25, 0.3) is 0 Å². The van der Waals surface area contributed by atoms with Crippen LogP contribution in [0.5, 0.6) is 0 Å². The Bertz CT molecular complexity index is 486. The average molecular weight is 327 g/mol. The van der Waals surface area contributed by atoms with Crippen LogP contribution in [-0.2, 0) is 20.9 Å². The molecule has 1 aliphatic rings. The number of hydrogen-bond acceptors (Lipinski definition) is 6. The molecule has 1 aromatic rings. The molecule has 2 rings (SSSR count). The summed E-state index contributed by atoms with van der Waals surface area (Å²) < 4.78 is 11.3. The number of amides is 1. The van der Waals surface area contributed by atoms with Crippen molar-refractivity contribution in [2.45, 2.75) is 43.3 Å². The van der Waals surface area contributed by atoms with Crippen LogP contribution < -0.4 is 5.32 Å². The molecular formula is C15H21NO5S. The van der Waals surface area contributed by atoms with E-state index >= 15 is 0 Å². The highest BCUT2D eigenvalue weighted by Gasteiger charge is 2.44. The molecular weight excluding hydrogens is 306 g/mol. The maximum absolute atomic E-state index is 11.3. The molecule has 6 nitrogen and oxygen atoms in total. The molecule has 22 heavy (non-hydrogen) atoms. The summed E-state index contributed by atoms with van der Waals surface area (Å²) in [7, 11) is 0. The molecule has 5 atom stereocenters. The molecule has 0 spiro atoms. The van der Waals surface area contributed by atoms with Crippen molar-refractivity contribution in [3.8, 4) is 0 Å². The topological polar surface area (TPSA) is 88.0 Å². The van der Waals surface area contributed by atoms with Gasteiger partial charge in [0.1, 0.15) is 6.10 Å². The van der Waals surface area contributed by atoms with Gasteiger partial charge >= 0.3 is 0 Å². The third-order valence-electron chi connectivity index (χ3n) is 3.51. The zero-order valence-electron chi connectivity index (χ0n) is 12.3. The Morgan fingerprint density at radius 3 is 2.68 bits per heavy atom. The quantitative estimate of drug-likeness (QED) is 0.576. The van der Waals surface area contributed by atoms with Crippen molar-refractivity contribution in [2.24, 2.45) is 0 Å². The van der Waals surface area contributed by atoms with Crippen molar-refractivity contribution in [1.82, 2.24) is 5.32 Å². The van der Waals surface area contributed by atoms with Gasteiger partial charge in [-0.05, 0) is 5.56 Å². The number of carbonyl (C=O) groups is 1. The molecule has 1 aliphatic heterocycles. The van der Waals surface area contributed by atoms with Gasteiger partial charge in [0.15, 0.2) is 6.29 Å². The van der Waals surface area contributed by atoms with Gasteiger partial charge in [-0.2, -0.15) is 12.6 Å². The lowest BCUT2D eigenvalue weighted by molar-refractivity contribution is -0.243. The number of ether oxygens (including phenoxy) is 2. The normalized spacial score (nSPS) is 31.7. The largest absolute Gasteiger partial charge is 0.394 e. The Morgan fingerprint density at radius 1 is 1.41 bits per heavy atom. The van der Waals surface area contributed by atoms with Gasteiger partial charge in [-0.1, -0.05) is 30.3 Å². The average Bonchev–Trinajstić information content (AvgIpc) is 2.52. The van der Waals surface area contributed by atoms with Crippen LogP contribution in [-0.4, -0.2) is 52.5 Å². The fourth-order valence-electron chi connectivity index (χ4n) is 2.37. The van der Waals surface area contributed by atoms with Crippen LogP contribution in [0.4, 0.5) is 0 Å². The van der Waals surface area contributed by atoms with E-state index < -0.39 is 29.8 Å². The fraction of sp³-hybridized carbons (Fsp3) is 0.533. The lowest BCUT2D eigenvalue weighted by Gasteiger charge is -2.42. The van der Waals surface area contributed by atoms with Crippen molar-refractivity contribution in [3.05, 3.63) is 35.9 Å². The first-order chi connectivity index (χ1) is 10.5. The third-order valence-corrected chi connectivity index (χ3v) is 4.13. The number of nitrogens with one attached hydrogen (secondary N) is 1. The summed E-state index contributed by atoms with van der Waals surface area (Å²) in [5, 5.41) is 21.4. The summed E-state index contributed by atoms with van der Waals surface area (Å²) >= 11 is 4.34. The number of rotatable bonds is 5. The second-order valence-electron chi connectivity index (χ2n) is 5.23. The Hall–Kier alpha value is -1.12. The summed E-state index contributed by atoms with van der Waals surface area (Å²) in [6, 6.07) is 8.91. The lowest BCUT2D eigenvalue weighted by atomic mass is 9.99. The number of thiol groups is 1. The van der Waals surface area contributed by atoms with E-state index in [2.05, 4.69) is 17.9 Å². The first-order valence-corrected chi connectivity index (χ1v) is 7.59. The van der Waals surface area contributed by atoms with Crippen molar-refractivity contribution in [1.29, 1.82) is 0 Å². The van der Waals surface area contributed by atoms with Gasteiger partial charge in [-0.15, -0.1) is 0 Å². The number of hydrogen-bond donors (Lipinski definition) is 4. The summed E-state index contributed by atoms with van der Waals surface area (Å²) in [4.78, 5) is 11.3. The van der Waals surface area contributed by atoms with E-state index in [0.29, 0.717) is 0 Å². The second kappa shape index (κ2) is 7.94. The Morgan fingerprint density at radius 2 is 2.09 bits per heavy atom. The van der Waals surface area contributed by atoms with E-state index in [1.165, 1.54) is 6.92 Å². The second-order valence-corrected chi connectivity index (χ2v) is 5.83. The number of carbonyl (C=O) groups excluding carboxylic acids is 1. The zero-order valence-corrected chi connectivity index (χ0v) is 13.1. The van der Waals surface area contributed by atoms with E-state index in [9.17, 15) is 15.0 Å². The van der Waals surface area contributed by atoms with Crippen LogP contribution in [0, 0.1) is 0 Å². The SMILES string of the molecule is CC(=O)N[C@H]1[C@H](OCc2ccccc2)O[C@H](CO)[C@@H](O)[C@@H]1S. The molecule has 1 saturated heterocycles. The highest BCUT2D eigenvalue weighted by atomic mass is 32.1. The van der Waals surface area contributed by atoms with E-state index in [4.69, 9.17) is 9.47 Å². The molecule has 0 aromatic heterocycles. The van der Waals surface area contributed by atoms with Crippen LogP contribution in [0.25, 0.3) is 0 Å². The zero-order chi connectivity index (χ0) is 16.1. The molecule has 1 heterocycles. The molecule has 7 heteroatoms. The monoisotopic (exact) mass is 327 g/mol. The van der Waals surface area contributed by atoms with Gasteiger partial charge < -0.3 is 25.0 Å². The van der Waals surface area contributed by atoms with Crippen molar-refractivity contribution in [2.75, 3.05) is 6.61 Å². The molecule has 0 bridgehead atoms. The smallest absolute Gasteiger partial charge is 0.217 e. The molecule has 1 aromatic carbocycles. The number of benzene rings is 1. The molecule has 122 valence electrons. The van der Waals surface area contributed by atoms with Crippen LogP contribution in [0.1, 0.15) is 12.5 Å². The first kappa shape index (κ1) is 17.2. The van der Waals surface area contributed by atoms with Gasteiger partial charge in [0, 0.05) is 6.92 Å². The van der Waals surface area contributed by atoms with Crippen LogP contribution in [0.3, 0.4) is 0 Å². The minimum atomic E-state index is -0.998. The molecule has 0 unspecified atom stereocenters. The molecule has 0 radical (unpaired) electrons. The Kier molecular flexibility index (Phi) is 6.22. The van der Waals surface area contributed by atoms with Gasteiger partial charge in [-0.3, -0.25) is 4.79 Å². The van der Waals surface area contributed by atoms with Gasteiger partial charge in [0.05, 0.1) is 30.6 Å². The van der Waals surface area contributed by atoms with Crippen molar-refractivity contribution < 1.29 is 24.5 Å². The fourth-order valence-corrected chi connectivity index (χ4v) is 2.77. The predicted octanol–water partition coefficient (Wildman–Crippen LogP) is 0.0844. The van der Waals surface area contributed by atoms with Crippen molar-refractivity contribution >= 4 is 18.5 Å². The standard InChI is InChI=1S/C15H21NO5S/c1-9(18)16-12-14(22)13(19)11(7-17)21-15(12)20-8-10-5-3-2-4-6-10/h2-6,11-15,17,19,22H,7-8H2,1H3,(H,16,18)/t11-,12-,13-,14-,15-/m1/s1. The van der Waals surface area contributed by atoms with Crippen LogP contribution >= 0.6 is 12.6 Å². The van der Waals surface area contributed by atoms with E-state index in [1.54, 1.807) is 0 Å². The van der Waals surface area contributed by atoms with E-state index in [-0.39, 0.29) is 19.1 Å². The van der Waals surface area contributed by atoms with E-state index in [0.717, 1.165) is 5.56 Å². The maximum Gasteiger partial charge on any atom is 0.217 e. The van der Waals surface area contributed by atoms with E-state index in [1.807, 2.05) is 30.3 Å².